The Hall–Kier alpha value is -5.34. The number of carbonyl (C=O) groups excluding carboxylic acids is 3. The van der Waals surface area contributed by atoms with Crippen LogP contribution in [0.1, 0.15) is 36.0 Å². The molecule has 0 spiro atoms. The number of aromatic hydroxyl groups is 1. The monoisotopic (exact) mass is 797 g/mol. The number of nitrogens with one attached hydrogen (secondary N) is 3. The van der Waals surface area contributed by atoms with Crippen LogP contribution in [0.3, 0.4) is 0 Å². The largest absolute Gasteiger partial charge is 0.508 e. The Balaban J connectivity index is 0.000000147. The van der Waals surface area contributed by atoms with Gasteiger partial charge in [-0.05, 0) is 115 Å². The summed E-state index contributed by atoms with van der Waals surface area (Å²) in [6, 6.07) is 24.3. The lowest BCUT2D eigenvalue weighted by Crippen LogP contribution is -2.49. The number of hydrogen-bond acceptors (Lipinski definition) is 10. The molecule has 0 unspecified atom stereocenters. The van der Waals surface area contributed by atoms with E-state index in [-0.39, 0.29) is 36.2 Å². The number of hydrogen-bond donors (Lipinski definition) is 5. The molecule has 300 valence electrons. The number of amides is 3. The third-order valence-corrected chi connectivity index (χ3v) is 10.5. The van der Waals surface area contributed by atoms with Crippen molar-refractivity contribution >= 4 is 52.1 Å². The normalized spacial score (nSPS) is 18.7. The number of aryl methyl sites for hydroxylation is 3. The van der Waals surface area contributed by atoms with Crippen LogP contribution in [0.4, 0.5) is 22.7 Å². The van der Waals surface area contributed by atoms with Gasteiger partial charge in [-0.15, -0.1) is 0 Å². The lowest BCUT2D eigenvalue weighted by Gasteiger charge is -2.36. The predicted octanol–water partition coefficient (Wildman–Crippen LogP) is 5.41. The molecular weight excluding hydrogens is 750 g/mol. The van der Waals surface area contributed by atoms with Gasteiger partial charge in [0.1, 0.15) is 42.7 Å². The van der Waals surface area contributed by atoms with E-state index in [2.05, 4.69) is 25.8 Å². The molecule has 2 saturated heterocycles. The van der Waals surface area contributed by atoms with Crippen molar-refractivity contribution in [3.63, 3.8) is 0 Å². The smallest absolute Gasteiger partial charge is 0.224 e. The number of ether oxygens (including phenoxy) is 3. The Bertz CT molecular complexity index is 2050. The highest BCUT2D eigenvalue weighted by Crippen LogP contribution is 2.29. The van der Waals surface area contributed by atoms with Crippen LogP contribution in [-0.4, -0.2) is 97.6 Å². The topological polar surface area (TPSA) is 165 Å². The van der Waals surface area contributed by atoms with Crippen LogP contribution < -0.4 is 30.3 Å². The number of epoxide rings is 1. The third-order valence-electron chi connectivity index (χ3n) is 10.2. The van der Waals surface area contributed by atoms with E-state index in [1.54, 1.807) is 18.2 Å². The number of β-amino-alcohol motifs (C(OH)–C–C–N with tert-alkyl or cyclic N) is 1. The first-order valence-electron chi connectivity index (χ1n) is 19.4. The number of carbonyl (C=O) groups is 3. The van der Waals surface area contributed by atoms with Gasteiger partial charge < -0.3 is 45.3 Å². The van der Waals surface area contributed by atoms with Crippen molar-refractivity contribution in [3.05, 3.63) is 101 Å². The molecule has 13 nitrogen and oxygen atoms in total. The maximum atomic E-state index is 11.4. The van der Waals surface area contributed by atoms with E-state index in [1.165, 1.54) is 5.69 Å². The zero-order valence-electron chi connectivity index (χ0n) is 31.7. The number of piperazine rings is 1. The second-order valence-corrected chi connectivity index (χ2v) is 15.1. The van der Waals surface area contributed by atoms with Gasteiger partial charge in [-0.25, -0.2) is 0 Å². The molecule has 5 aliphatic heterocycles. The van der Waals surface area contributed by atoms with Crippen LogP contribution in [-0.2, 0) is 38.4 Å². The number of rotatable bonds is 9. The predicted molar refractivity (Wildman–Crippen MR) is 219 cm³/mol. The van der Waals surface area contributed by atoms with Crippen molar-refractivity contribution in [2.45, 2.75) is 50.7 Å². The number of phenols is 1. The minimum absolute atomic E-state index is 0.0492. The summed E-state index contributed by atoms with van der Waals surface area (Å²) in [6.07, 6.45) is 3.52. The molecule has 9 rings (SSSR count). The molecule has 3 amide bonds. The Labute approximate surface area is 336 Å². The third kappa shape index (κ3) is 11.6. The Morgan fingerprint density at radius 3 is 1.74 bits per heavy atom. The molecule has 2 atom stereocenters. The van der Waals surface area contributed by atoms with Gasteiger partial charge in [-0.1, -0.05) is 11.6 Å². The fourth-order valence-corrected chi connectivity index (χ4v) is 7.13. The van der Waals surface area contributed by atoms with E-state index >= 15 is 0 Å². The van der Waals surface area contributed by atoms with Crippen LogP contribution in [0.25, 0.3) is 0 Å². The molecule has 4 aromatic rings. The Morgan fingerprint density at radius 2 is 1.19 bits per heavy atom. The SMILES string of the molecule is O=C1CCc2cc(O)ccc2N1.O=C1CCc2cc(OC[C@@H](O)CN3CCN(c4ccc(Cl)cc4)CC3)ccc2N1.O=C1CCc2cc(OC[C@@H]3CO3)ccc2N1. The van der Waals surface area contributed by atoms with Gasteiger partial charge in [-0.3, -0.25) is 19.3 Å². The lowest BCUT2D eigenvalue weighted by molar-refractivity contribution is -0.117. The van der Waals surface area contributed by atoms with Crippen LogP contribution in [0.5, 0.6) is 17.2 Å². The molecule has 2 fully saturated rings. The number of anilines is 4. The maximum Gasteiger partial charge on any atom is 0.224 e. The van der Waals surface area contributed by atoms with Crippen LogP contribution >= 0.6 is 11.6 Å². The molecule has 5 N–H and O–H groups in total. The Kier molecular flexibility index (Phi) is 13.1. The van der Waals surface area contributed by atoms with Crippen LogP contribution in [0.15, 0.2) is 78.9 Å². The summed E-state index contributed by atoms with van der Waals surface area (Å²) in [5.41, 5.74) is 7.00. The number of aliphatic hydroxyl groups is 1. The highest BCUT2D eigenvalue weighted by atomic mass is 35.5. The zero-order valence-corrected chi connectivity index (χ0v) is 32.4. The summed E-state index contributed by atoms with van der Waals surface area (Å²) >= 11 is 5.96. The van der Waals surface area contributed by atoms with E-state index in [9.17, 15) is 19.5 Å². The highest BCUT2D eigenvalue weighted by Gasteiger charge is 2.24. The number of nitrogens with zero attached hydrogens (tertiary/aromatic N) is 2. The molecule has 0 aliphatic carbocycles. The molecule has 5 aliphatic rings. The first kappa shape index (κ1) is 39.9. The highest BCUT2D eigenvalue weighted by molar-refractivity contribution is 6.30. The molecule has 14 heteroatoms. The van der Waals surface area contributed by atoms with Gasteiger partial charge in [0, 0.05) is 79.8 Å². The van der Waals surface area contributed by atoms with E-state index < -0.39 is 6.10 Å². The van der Waals surface area contributed by atoms with E-state index in [4.69, 9.17) is 30.9 Å². The molecule has 4 aromatic carbocycles. The number of fused-ring (bicyclic) bond motifs is 3. The Morgan fingerprint density at radius 1 is 0.684 bits per heavy atom. The van der Waals surface area contributed by atoms with Crippen LogP contribution in [0.2, 0.25) is 5.02 Å². The molecule has 5 heterocycles. The fraction of sp³-hybridized carbons (Fsp3) is 0.372. The summed E-state index contributed by atoms with van der Waals surface area (Å²) < 4.78 is 16.5. The minimum atomic E-state index is -0.548. The van der Waals surface area contributed by atoms with Crippen molar-refractivity contribution in [3.8, 4) is 17.2 Å². The van der Waals surface area contributed by atoms with E-state index in [0.29, 0.717) is 32.4 Å². The minimum Gasteiger partial charge on any atom is -0.508 e. The summed E-state index contributed by atoms with van der Waals surface area (Å²) in [5, 5.41) is 28.7. The molecule has 0 bridgehead atoms. The first-order valence-corrected chi connectivity index (χ1v) is 19.8. The summed E-state index contributed by atoms with van der Waals surface area (Å²) in [7, 11) is 0. The lowest BCUT2D eigenvalue weighted by atomic mass is 10.0. The van der Waals surface area contributed by atoms with Gasteiger partial charge in [0.15, 0.2) is 0 Å². The number of benzene rings is 4. The fourth-order valence-electron chi connectivity index (χ4n) is 7.01. The molecule has 0 aromatic heterocycles. The van der Waals surface area contributed by atoms with E-state index in [0.717, 1.165) is 102 Å². The van der Waals surface area contributed by atoms with E-state index in [1.807, 2.05) is 60.7 Å². The summed E-state index contributed by atoms with van der Waals surface area (Å²) in [6.45, 7) is 5.91. The second-order valence-electron chi connectivity index (χ2n) is 14.6. The van der Waals surface area contributed by atoms with Crippen molar-refractivity contribution in [2.75, 3.05) is 73.4 Å². The quantitative estimate of drug-likeness (QED) is 0.109. The number of phenolic OH excluding ortho intramolecular Hbond substituents is 1. The first-order chi connectivity index (χ1) is 27.6. The molecule has 0 saturated carbocycles. The van der Waals surface area contributed by atoms with Crippen molar-refractivity contribution < 1.29 is 38.8 Å². The average Bonchev–Trinajstić information content (AvgIpc) is 4.05. The van der Waals surface area contributed by atoms with Gasteiger partial charge in [0.05, 0.1) is 6.61 Å². The second kappa shape index (κ2) is 18.7. The average molecular weight is 798 g/mol. The van der Waals surface area contributed by atoms with Crippen molar-refractivity contribution in [1.82, 2.24) is 4.90 Å². The number of halogens is 1. The summed E-state index contributed by atoms with van der Waals surface area (Å²) in [5.74, 6) is 2.03. The van der Waals surface area contributed by atoms with Crippen molar-refractivity contribution in [1.29, 1.82) is 0 Å². The number of aliphatic hydroxyl groups excluding tert-OH is 1. The summed E-state index contributed by atoms with van der Waals surface area (Å²) in [4.78, 5) is 38.2. The molecule has 0 radical (unpaired) electrons. The van der Waals surface area contributed by atoms with Gasteiger partial charge in [0.25, 0.3) is 0 Å². The van der Waals surface area contributed by atoms with Gasteiger partial charge in [0.2, 0.25) is 17.7 Å². The van der Waals surface area contributed by atoms with Gasteiger partial charge in [-0.2, -0.15) is 0 Å². The zero-order chi connectivity index (χ0) is 39.7. The van der Waals surface area contributed by atoms with Crippen LogP contribution in [0, 0.1) is 0 Å². The molecular formula is C43H48ClN5O8. The van der Waals surface area contributed by atoms with Gasteiger partial charge >= 0.3 is 0 Å². The van der Waals surface area contributed by atoms with Crippen molar-refractivity contribution in [2.24, 2.45) is 0 Å². The molecule has 57 heavy (non-hydrogen) atoms. The maximum absolute atomic E-state index is 11.4. The standard InChI is InChI=1S/C22H26ClN3O3.C12H13NO3.C9H9NO2/c23-17-2-4-18(5-3-17)26-11-9-25(10-12-26)14-19(27)15-29-20-6-7-21-16(13-20)1-8-22(28)24-21;14-12-4-1-8-5-9(2-3-11(8)13-12)15-6-10-7-16-10;11-7-2-3-8-6(5-7)1-4-9(12)10-8/h2-7,13,19,27H,1,8-12,14-15H2,(H,24,28);2-3,5,10H,1,4,6-7H2,(H,13,14);2-3,5,11H,1,4H2,(H,10,12)/t19-;10-;/m01./s1.